The lowest BCUT2D eigenvalue weighted by molar-refractivity contribution is 0.0930. The Labute approximate surface area is 150 Å². The van der Waals surface area contributed by atoms with Gasteiger partial charge in [-0.2, -0.15) is 4.31 Å². The van der Waals surface area contributed by atoms with Crippen LogP contribution < -0.4 is 10.6 Å². The quantitative estimate of drug-likeness (QED) is 0.792. The highest BCUT2D eigenvalue weighted by molar-refractivity contribution is 7.89. The fourth-order valence-corrected chi connectivity index (χ4v) is 4.19. The van der Waals surface area contributed by atoms with Crippen LogP contribution in [0.25, 0.3) is 0 Å². The Morgan fingerprint density at radius 3 is 2.38 bits per heavy atom. The van der Waals surface area contributed by atoms with E-state index in [2.05, 4.69) is 10.6 Å². The number of piperidine rings is 1. The summed E-state index contributed by atoms with van der Waals surface area (Å²) in [5.74, 6) is -0.162. The molecule has 1 aliphatic rings. The highest BCUT2D eigenvalue weighted by Crippen LogP contribution is 2.16. The molecule has 1 aromatic rings. The smallest absolute Gasteiger partial charge is 0.251 e. The molecule has 0 radical (unpaired) electrons. The molecule has 0 aliphatic carbocycles. The molecule has 0 unspecified atom stereocenters. The van der Waals surface area contributed by atoms with E-state index in [1.165, 1.54) is 16.4 Å². The van der Waals surface area contributed by atoms with Gasteiger partial charge in [0.15, 0.2) is 0 Å². The van der Waals surface area contributed by atoms with E-state index in [0.717, 1.165) is 25.9 Å². The van der Waals surface area contributed by atoms with Crippen LogP contribution >= 0.6 is 12.4 Å². The van der Waals surface area contributed by atoms with Crippen LogP contribution in [0.1, 0.15) is 37.0 Å². The Morgan fingerprint density at radius 1 is 1.25 bits per heavy atom. The molecule has 6 nitrogen and oxygen atoms in total. The van der Waals surface area contributed by atoms with E-state index in [-0.39, 0.29) is 29.3 Å². The molecule has 136 valence electrons. The van der Waals surface area contributed by atoms with Gasteiger partial charge in [-0.05, 0) is 43.7 Å². The third-order valence-electron chi connectivity index (χ3n) is 4.09. The summed E-state index contributed by atoms with van der Waals surface area (Å²) in [5.41, 5.74) is 0.481. The lowest BCUT2D eigenvalue weighted by Crippen LogP contribution is -2.45. The summed E-state index contributed by atoms with van der Waals surface area (Å²) in [6.45, 7) is 6.23. The van der Waals surface area contributed by atoms with E-state index < -0.39 is 10.0 Å². The van der Waals surface area contributed by atoms with Gasteiger partial charge < -0.3 is 10.6 Å². The van der Waals surface area contributed by atoms with Gasteiger partial charge in [-0.25, -0.2) is 8.42 Å². The number of benzene rings is 1. The number of amides is 1. The van der Waals surface area contributed by atoms with Gasteiger partial charge in [-0.15, -0.1) is 12.4 Å². The number of hydrogen-bond donors (Lipinski definition) is 2. The average Bonchev–Trinajstić information content (AvgIpc) is 2.56. The third kappa shape index (κ3) is 4.92. The summed E-state index contributed by atoms with van der Waals surface area (Å²) in [6, 6.07) is 6.28. The molecular weight excluding hydrogens is 350 g/mol. The second-order valence-corrected chi connectivity index (χ2v) is 7.57. The van der Waals surface area contributed by atoms with Crippen molar-refractivity contribution in [1.29, 1.82) is 0 Å². The maximum absolute atomic E-state index is 12.4. The fraction of sp³-hybridized carbons (Fsp3) is 0.562. The van der Waals surface area contributed by atoms with Crippen molar-refractivity contribution >= 4 is 28.3 Å². The van der Waals surface area contributed by atoms with E-state index >= 15 is 0 Å². The van der Waals surface area contributed by atoms with Crippen molar-refractivity contribution in [2.24, 2.45) is 0 Å². The molecule has 0 spiro atoms. The first-order valence-electron chi connectivity index (χ1n) is 8.10. The van der Waals surface area contributed by atoms with Crippen molar-refractivity contribution in [1.82, 2.24) is 14.9 Å². The second kappa shape index (κ2) is 9.36. The molecule has 2 rings (SSSR count). The van der Waals surface area contributed by atoms with Crippen LogP contribution in [-0.4, -0.2) is 50.9 Å². The third-order valence-corrected chi connectivity index (χ3v) is 6.16. The number of nitrogens with zero attached hydrogens (tertiary/aromatic N) is 1. The van der Waals surface area contributed by atoms with Crippen LogP contribution in [0.15, 0.2) is 29.2 Å². The Bertz CT molecular complexity index is 624. The minimum atomic E-state index is -3.48. The summed E-state index contributed by atoms with van der Waals surface area (Å²) in [5, 5.41) is 6.22. The fourth-order valence-electron chi connectivity index (χ4n) is 2.73. The van der Waals surface area contributed by atoms with Gasteiger partial charge in [0.25, 0.3) is 5.91 Å². The number of hydrogen-bond acceptors (Lipinski definition) is 4. The van der Waals surface area contributed by atoms with E-state index in [1.807, 2.05) is 0 Å². The maximum atomic E-state index is 12.4. The van der Waals surface area contributed by atoms with E-state index in [9.17, 15) is 13.2 Å². The number of carbonyl (C=O) groups excluding carboxylic acids is 1. The van der Waals surface area contributed by atoms with Gasteiger partial charge >= 0.3 is 0 Å². The average molecular weight is 376 g/mol. The summed E-state index contributed by atoms with van der Waals surface area (Å²) in [6.07, 6.45) is 2.01. The molecule has 1 heterocycles. The monoisotopic (exact) mass is 375 g/mol. The first-order valence-corrected chi connectivity index (χ1v) is 9.54. The van der Waals surface area contributed by atoms with Crippen LogP contribution in [0.2, 0.25) is 0 Å². The summed E-state index contributed by atoms with van der Waals surface area (Å²) < 4.78 is 26.2. The summed E-state index contributed by atoms with van der Waals surface area (Å²) >= 11 is 0. The molecule has 0 aromatic heterocycles. The molecule has 1 aromatic carbocycles. The zero-order valence-electron chi connectivity index (χ0n) is 14.1. The van der Waals surface area contributed by atoms with Crippen molar-refractivity contribution in [2.45, 2.75) is 37.6 Å². The van der Waals surface area contributed by atoms with E-state index in [0.29, 0.717) is 18.7 Å². The Hall–Kier alpha value is -1.15. The number of sulfonamides is 1. The highest BCUT2D eigenvalue weighted by Gasteiger charge is 2.22. The molecule has 1 atom stereocenters. The Kier molecular flexibility index (Phi) is 8.15. The van der Waals surface area contributed by atoms with Crippen molar-refractivity contribution in [3.8, 4) is 0 Å². The molecule has 1 fully saturated rings. The second-order valence-electron chi connectivity index (χ2n) is 5.63. The molecular formula is C16H26ClN3O3S. The first-order chi connectivity index (χ1) is 11.0. The number of carbonyl (C=O) groups is 1. The molecule has 24 heavy (non-hydrogen) atoms. The summed E-state index contributed by atoms with van der Waals surface area (Å²) in [7, 11) is -3.48. The molecule has 0 bridgehead atoms. The van der Waals surface area contributed by atoms with E-state index in [4.69, 9.17) is 0 Å². The van der Waals surface area contributed by atoms with E-state index in [1.54, 1.807) is 26.0 Å². The number of nitrogens with one attached hydrogen (secondary N) is 2. The van der Waals surface area contributed by atoms with Crippen molar-refractivity contribution in [3.63, 3.8) is 0 Å². The van der Waals surface area contributed by atoms with Crippen LogP contribution in [-0.2, 0) is 10.0 Å². The number of halogens is 1. The SMILES string of the molecule is CCN(CC)S(=O)(=O)c1ccc(C(=O)N[C@H]2CCCNC2)cc1.Cl. The molecule has 1 amide bonds. The number of rotatable bonds is 6. The molecule has 1 aliphatic heterocycles. The van der Waals surface area contributed by atoms with Crippen LogP contribution in [0.3, 0.4) is 0 Å². The standard InChI is InChI=1S/C16H25N3O3S.ClH/c1-3-19(4-2)23(21,22)15-9-7-13(8-10-15)16(20)18-14-6-5-11-17-12-14;/h7-10,14,17H,3-6,11-12H2,1-2H3,(H,18,20);1H/t14-;/m0./s1. The summed E-state index contributed by atoms with van der Waals surface area (Å²) in [4.78, 5) is 12.4. The van der Waals surface area contributed by atoms with Gasteiger partial charge in [0.05, 0.1) is 4.90 Å². The van der Waals surface area contributed by atoms with Crippen LogP contribution in [0, 0.1) is 0 Å². The molecule has 0 saturated carbocycles. The van der Waals surface area contributed by atoms with Gasteiger partial charge in [0.1, 0.15) is 0 Å². The largest absolute Gasteiger partial charge is 0.348 e. The minimum Gasteiger partial charge on any atom is -0.348 e. The minimum absolute atomic E-state index is 0. The Morgan fingerprint density at radius 2 is 1.88 bits per heavy atom. The van der Waals surface area contributed by atoms with Gasteiger partial charge in [0.2, 0.25) is 10.0 Å². The zero-order chi connectivity index (χ0) is 16.9. The Balaban J connectivity index is 0.00000288. The highest BCUT2D eigenvalue weighted by atomic mass is 35.5. The van der Waals surface area contributed by atoms with Gasteiger partial charge in [0, 0.05) is 31.2 Å². The predicted molar refractivity (Wildman–Crippen MR) is 97.2 cm³/mol. The molecule has 8 heteroatoms. The lowest BCUT2D eigenvalue weighted by Gasteiger charge is -2.23. The normalized spacial score (nSPS) is 18.0. The van der Waals surface area contributed by atoms with Crippen molar-refractivity contribution < 1.29 is 13.2 Å². The van der Waals surface area contributed by atoms with Gasteiger partial charge in [-0.1, -0.05) is 13.8 Å². The van der Waals surface area contributed by atoms with Crippen molar-refractivity contribution in [2.75, 3.05) is 26.2 Å². The maximum Gasteiger partial charge on any atom is 0.251 e. The first kappa shape index (κ1) is 20.9. The molecule has 1 saturated heterocycles. The topological polar surface area (TPSA) is 78.5 Å². The lowest BCUT2D eigenvalue weighted by atomic mass is 10.1. The van der Waals surface area contributed by atoms with Crippen LogP contribution in [0.4, 0.5) is 0 Å². The zero-order valence-corrected chi connectivity index (χ0v) is 15.8. The van der Waals surface area contributed by atoms with Crippen molar-refractivity contribution in [3.05, 3.63) is 29.8 Å². The predicted octanol–water partition coefficient (Wildman–Crippen LogP) is 1.62. The van der Waals surface area contributed by atoms with Crippen LogP contribution in [0.5, 0.6) is 0 Å². The van der Waals surface area contributed by atoms with Gasteiger partial charge in [-0.3, -0.25) is 4.79 Å². The molecule has 2 N–H and O–H groups in total.